The quantitative estimate of drug-likeness (QED) is 0.778. The van der Waals surface area contributed by atoms with Gasteiger partial charge in [0.15, 0.2) is 5.96 Å². The Hall–Kier alpha value is -0.770. The van der Waals surface area contributed by atoms with Gasteiger partial charge in [0.25, 0.3) is 0 Å². The number of rotatable bonds is 2. The Morgan fingerprint density at radius 3 is 3.12 bits per heavy atom. The fourth-order valence-electron chi connectivity index (χ4n) is 4.12. The van der Waals surface area contributed by atoms with Crippen LogP contribution in [0.2, 0.25) is 0 Å². The zero-order valence-corrected chi connectivity index (χ0v) is 11.0. The first-order chi connectivity index (χ1) is 8.19. The third-order valence-corrected chi connectivity index (χ3v) is 5.09. The molecule has 0 aromatic carbocycles. The van der Waals surface area contributed by atoms with Crippen LogP contribution in [0.15, 0.2) is 4.99 Å². The van der Waals surface area contributed by atoms with Gasteiger partial charge < -0.3 is 10.6 Å². The van der Waals surface area contributed by atoms with Crippen molar-refractivity contribution in [3.8, 4) is 0 Å². The summed E-state index contributed by atoms with van der Waals surface area (Å²) in [5.41, 5.74) is 6.38. The molecule has 4 heteroatoms. The first-order valence-electron chi connectivity index (χ1n) is 7.02. The maximum Gasteiger partial charge on any atom is 0.192 e. The molecule has 0 aliphatic carbocycles. The molecule has 2 saturated heterocycles. The van der Waals surface area contributed by atoms with E-state index in [1.165, 1.54) is 32.4 Å². The van der Waals surface area contributed by atoms with Crippen molar-refractivity contribution < 1.29 is 0 Å². The van der Waals surface area contributed by atoms with Gasteiger partial charge >= 0.3 is 0 Å². The molecule has 3 atom stereocenters. The molecule has 0 aromatic rings. The van der Waals surface area contributed by atoms with Gasteiger partial charge in [0.2, 0.25) is 0 Å². The van der Waals surface area contributed by atoms with Crippen LogP contribution in [-0.4, -0.2) is 53.0 Å². The van der Waals surface area contributed by atoms with E-state index in [1.54, 1.807) is 0 Å². The van der Waals surface area contributed by atoms with Gasteiger partial charge in [-0.2, -0.15) is 0 Å². The van der Waals surface area contributed by atoms with Crippen LogP contribution in [0.5, 0.6) is 0 Å². The van der Waals surface area contributed by atoms with Crippen LogP contribution in [0, 0.1) is 0 Å². The summed E-state index contributed by atoms with van der Waals surface area (Å²) in [5.74, 6) is 0.785. The molecule has 0 saturated carbocycles. The van der Waals surface area contributed by atoms with E-state index in [2.05, 4.69) is 28.6 Å². The van der Waals surface area contributed by atoms with Crippen molar-refractivity contribution in [2.75, 3.05) is 19.6 Å². The van der Waals surface area contributed by atoms with Crippen molar-refractivity contribution in [3.63, 3.8) is 0 Å². The standard InChI is InChI=1S/C13H24N4/c1-3-10(2)17-12(14)15-9-13(17)6-8-16-7-4-5-11(13)16/h10-11H,3-9H2,1-2H3,(H2,14,15). The largest absolute Gasteiger partial charge is 0.370 e. The number of nitrogens with two attached hydrogens (primary N) is 1. The maximum absolute atomic E-state index is 6.15. The van der Waals surface area contributed by atoms with Gasteiger partial charge in [0, 0.05) is 18.6 Å². The van der Waals surface area contributed by atoms with E-state index in [0.717, 1.165) is 18.9 Å². The van der Waals surface area contributed by atoms with Crippen LogP contribution in [0.4, 0.5) is 0 Å². The normalized spacial score (nSPS) is 38.8. The Labute approximate surface area is 104 Å². The minimum atomic E-state index is 0.232. The molecule has 0 bridgehead atoms. The summed E-state index contributed by atoms with van der Waals surface area (Å²) in [7, 11) is 0. The van der Waals surface area contributed by atoms with Gasteiger partial charge in [-0.05, 0) is 39.2 Å². The van der Waals surface area contributed by atoms with E-state index in [4.69, 9.17) is 5.73 Å². The highest BCUT2D eigenvalue weighted by Gasteiger charge is 2.56. The fraction of sp³-hybridized carbons (Fsp3) is 0.923. The third kappa shape index (κ3) is 1.43. The van der Waals surface area contributed by atoms with Gasteiger partial charge in [-0.25, -0.2) is 0 Å². The molecule has 1 spiro atoms. The number of hydrogen-bond acceptors (Lipinski definition) is 4. The van der Waals surface area contributed by atoms with Gasteiger partial charge in [-0.3, -0.25) is 9.89 Å². The number of guanidine groups is 1. The summed E-state index contributed by atoms with van der Waals surface area (Å²) in [6.45, 7) is 7.96. The van der Waals surface area contributed by atoms with Gasteiger partial charge in [0.1, 0.15) is 0 Å². The molecule has 2 N–H and O–H groups in total. The van der Waals surface area contributed by atoms with Gasteiger partial charge in [-0.15, -0.1) is 0 Å². The molecule has 2 fully saturated rings. The smallest absolute Gasteiger partial charge is 0.192 e. The molecule has 3 aliphatic heterocycles. The monoisotopic (exact) mass is 236 g/mol. The van der Waals surface area contributed by atoms with E-state index in [-0.39, 0.29) is 5.54 Å². The summed E-state index contributed by atoms with van der Waals surface area (Å²) >= 11 is 0. The van der Waals surface area contributed by atoms with Crippen LogP contribution < -0.4 is 5.73 Å². The summed E-state index contributed by atoms with van der Waals surface area (Å²) in [6, 6.07) is 1.21. The zero-order valence-electron chi connectivity index (χ0n) is 11.0. The Morgan fingerprint density at radius 2 is 2.35 bits per heavy atom. The molecule has 0 radical (unpaired) electrons. The molecule has 0 aromatic heterocycles. The second-order valence-corrected chi connectivity index (χ2v) is 5.85. The van der Waals surface area contributed by atoms with Gasteiger partial charge in [0.05, 0.1) is 12.1 Å². The lowest BCUT2D eigenvalue weighted by Gasteiger charge is -2.43. The molecule has 3 heterocycles. The maximum atomic E-state index is 6.15. The molecule has 3 rings (SSSR count). The van der Waals surface area contributed by atoms with Crippen molar-refractivity contribution in [1.82, 2.24) is 9.80 Å². The summed E-state index contributed by atoms with van der Waals surface area (Å²) in [6.07, 6.45) is 5.06. The lowest BCUT2D eigenvalue weighted by Crippen LogP contribution is -2.60. The summed E-state index contributed by atoms with van der Waals surface area (Å²) < 4.78 is 0. The first-order valence-corrected chi connectivity index (χ1v) is 7.02. The van der Waals surface area contributed by atoms with E-state index in [0.29, 0.717) is 12.1 Å². The molecule has 17 heavy (non-hydrogen) atoms. The molecule has 0 amide bonds. The highest BCUT2D eigenvalue weighted by Crippen LogP contribution is 2.43. The van der Waals surface area contributed by atoms with Crippen molar-refractivity contribution in [2.24, 2.45) is 10.7 Å². The minimum Gasteiger partial charge on any atom is -0.370 e. The van der Waals surface area contributed by atoms with Crippen molar-refractivity contribution in [3.05, 3.63) is 0 Å². The Bertz CT molecular complexity index is 340. The summed E-state index contributed by atoms with van der Waals surface area (Å²) in [5, 5.41) is 0. The van der Waals surface area contributed by atoms with Crippen molar-refractivity contribution >= 4 is 5.96 Å². The predicted octanol–water partition coefficient (Wildman–Crippen LogP) is 1.02. The Balaban J connectivity index is 1.91. The lowest BCUT2D eigenvalue weighted by molar-refractivity contribution is 0.114. The van der Waals surface area contributed by atoms with Crippen LogP contribution >= 0.6 is 0 Å². The van der Waals surface area contributed by atoms with Crippen molar-refractivity contribution in [1.29, 1.82) is 0 Å². The fourth-order valence-corrected chi connectivity index (χ4v) is 4.12. The second-order valence-electron chi connectivity index (χ2n) is 5.85. The number of nitrogens with zero attached hydrogens (tertiary/aromatic N) is 3. The average Bonchev–Trinajstić information content (AvgIpc) is 2.97. The third-order valence-electron chi connectivity index (χ3n) is 5.09. The number of hydrogen-bond donors (Lipinski definition) is 1. The molecule has 3 aliphatic rings. The predicted molar refractivity (Wildman–Crippen MR) is 70.0 cm³/mol. The number of fused-ring (bicyclic) bond motifs is 2. The molecule has 96 valence electrons. The highest BCUT2D eigenvalue weighted by atomic mass is 15.4. The minimum absolute atomic E-state index is 0.232. The van der Waals surface area contributed by atoms with E-state index in [1.807, 2.05) is 0 Å². The average molecular weight is 236 g/mol. The first kappa shape index (κ1) is 11.3. The molecular weight excluding hydrogens is 212 g/mol. The zero-order chi connectivity index (χ0) is 12.0. The Morgan fingerprint density at radius 1 is 1.53 bits per heavy atom. The van der Waals surface area contributed by atoms with Crippen LogP contribution in [0.25, 0.3) is 0 Å². The van der Waals surface area contributed by atoms with E-state index >= 15 is 0 Å². The van der Waals surface area contributed by atoms with Crippen LogP contribution in [0.3, 0.4) is 0 Å². The topological polar surface area (TPSA) is 44.9 Å². The second kappa shape index (κ2) is 3.87. The van der Waals surface area contributed by atoms with E-state index < -0.39 is 0 Å². The molecule has 4 nitrogen and oxygen atoms in total. The SMILES string of the molecule is CCC(C)N1C(N)=NCC12CCN1CCCC12. The van der Waals surface area contributed by atoms with Crippen LogP contribution in [-0.2, 0) is 0 Å². The Kier molecular flexibility index (Phi) is 2.58. The lowest BCUT2D eigenvalue weighted by atomic mass is 9.86. The van der Waals surface area contributed by atoms with Crippen molar-refractivity contribution in [2.45, 2.75) is 57.2 Å². The molecular formula is C13H24N4. The van der Waals surface area contributed by atoms with E-state index in [9.17, 15) is 0 Å². The molecule has 3 unspecified atom stereocenters. The van der Waals surface area contributed by atoms with Crippen LogP contribution in [0.1, 0.15) is 39.5 Å². The summed E-state index contributed by atoms with van der Waals surface area (Å²) in [4.78, 5) is 9.68. The van der Waals surface area contributed by atoms with Gasteiger partial charge in [-0.1, -0.05) is 6.92 Å². The highest BCUT2D eigenvalue weighted by molar-refractivity contribution is 5.81. The number of aliphatic imine (C=N–C) groups is 1.